The van der Waals surface area contributed by atoms with Crippen molar-refractivity contribution >= 4 is 16.5 Å². The van der Waals surface area contributed by atoms with E-state index in [1.807, 2.05) is 13.1 Å². The highest BCUT2D eigenvalue weighted by atomic mass is 32.1. The maximum Gasteiger partial charge on any atom is 0.185 e. The second kappa shape index (κ2) is 6.71. The molecule has 3 nitrogen and oxygen atoms in total. The Labute approximate surface area is 121 Å². The molecule has 0 radical (unpaired) electrons. The Bertz CT molecular complexity index is 380. The second-order valence-electron chi connectivity index (χ2n) is 6.15. The van der Waals surface area contributed by atoms with Gasteiger partial charge in [-0.05, 0) is 32.1 Å². The predicted octanol–water partition coefficient (Wildman–Crippen LogP) is 3.96. The van der Waals surface area contributed by atoms with Crippen molar-refractivity contribution in [3.8, 4) is 0 Å². The minimum atomic E-state index is 0.0989. The fraction of sp³-hybridized carbons (Fsp3) is 0.800. The number of aromatic nitrogens is 1. The van der Waals surface area contributed by atoms with Crippen LogP contribution < -0.4 is 10.6 Å². The van der Waals surface area contributed by atoms with Gasteiger partial charge in [-0.1, -0.05) is 26.7 Å². The minimum Gasteiger partial charge on any atom is -0.345 e. The van der Waals surface area contributed by atoms with Crippen LogP contribution in [0.1, 0.15) is 63.8 Å². The lowest BCUT2D eigenvalue weighted by Gasteiger charge is -2.29. The first-order valence-electron chi connectivity index (χ1n) is 7.56. The molecule has 1 fully saturated rings. The zero-order chi connectivity index (χ0) is 13.8. The molecule has 1 aromatic rings. The second-order valence-corrected chi connectivity index (χ2v) is 7.19. The minimum absolute atomic E-state index is 0.0989. The van der Waals surface area contributed by atoms with Gasteiger partial charge in [0, 0.05) is 29.7 Å². The van der Waals surface area contributed by atoms with Crippen LogP contribution in [0.2, 0.25) is 0 Å². The van der Waals surface area contributed by atoms with E-state index in [9.17, 15) is 0 Å². The Balaban J connectivity index is 2.10. The highest BCUT2D eigenvalue weighted by Gasteiger charge is 2.25. The van der Waals surface area contributed by atoms with Crippen LogP contribution in [0, 0.1) is 5.92 Å². The molecular weight excluding hydrogens is 254 g/mol. The van der Waals surface area contributed by atoms with Crippen molar-refractivity contribution in [2.45, 2.75) is 65.0 Å². The van der Waals surface area contributed by atoms with Crippen molar-refractivity contribution in [1.29, 1.82) is 0 Å². The molecule has 4 heteroatoms. The molecule has 0 amide bonds. The van der Waals surface area contributed by atoms with E-state index in [0.717, 1.165) is 12.5 Å². The Kier molecular flexibility index (Phi) is 5.22. The summed E-state index contributed by atoms with van der Waals surface area (Å²) in [6.07, 6.45) is 8.59. The van der Waals surface area contributed by atoms with Gasteiger partial charge in [0.1, 0.15) is 0 Å². The molecule has 0 bridgehead atoms. The Morgan fingerprint density at radius 1 is 1.37 bits per heavy atom. The van der Waals surface area contributed by atoms with Gasteiger partial charge in [-0.3, -0.25) is 0 Å². The van der Waals surface area contributed by atoms with E-state index in [4.69, 9.17) is 5.73 Å². The van der Waals surface area contributed by atoms with Crippen LogP contribution >= 0.6 is 11.3 Å². The van der Waals surface area contributed by atoms with E-state index in [1.54, 1.807) is 11.3 Å². The van der Waals surface area contributed by atoms with Gasteiger partial charge in [0.2, 0.25) is 0 Å². The monoisotopic (exact) mass is 281 g/mol. The van der Waals surface area contributed by atoms with E-state index >= 15 is 0 Å². The number of rotatable bonds is 6. The van der Waals surface area contributed by atoms with E-state index in [-0.39, 0.29) is 6.04 Å². The van der Waals surface area contributed by atoms with E-state index in [2.05, 4.69) is 23.7 Å². The highest BCUT2D eigenvalue weighted by molar-refractivity contribution is 7.15. The first-order valence-corrected chi connectivity index (χ1v) is 8.37. The fourth-order valence-electron chi connectivity index (χ4n) is 2.67. The van der Waals surface area contributed by atoms with Crippen molar-refractivity contribution in [3.05, 3.63) is 11.1 Å². The zero-order valence-corrected chi connectivity index (χ0v) is 13.2. The van der Waals surface area contributed by atoms with Crippen LogP contribution in [-0.2, 0) is 0 Å². The maximum atomic E-state index is 5.95. The first kappa shape index (κ1) is 14.8. The lowest BCUT2D eigenvalue weighted by molar-refractivity contribution is 0.528. The average Bonchev–Trinajstić information content (AvgIpc) is 2.98. The lowest BCUT2D eigenvalue weighted by Crippen LogP contribution is -2.34. The summed E-state index contributed by atoms with van der Waals surface area (Å²) < 4.78 is 0. The van der Waals surface area contributed by atoms with Gasteiger partial charge in [0.05, 0.1) is 0 Å². The first-order chi connectivity index (χ1) is 9.08. The summed E-state index contributed by atoms with van der Waals surface area (Å²) >= 11 is 1.78. The summed E-state index contributed by atoms with van der Waals surface area (Å²) in [4.78, 5) is 8.37. The highest BCUT2D eigenvalue weighted by Crippen LogP contribution is 2.33. The van der Waals surface area contributed by atoms with Gasteiger partial charge in [-0.25, -0.2) is 4.98 Å². The van der Waals surface area contributed by atoms with Crippen LogP contribution in [0.15, 0.2) is 6.20 Å². The molecule has 1 aromatic heterocycles. The standard InChI is InChI=1S/C15H27N3S/c1-11(2)8-9-18(13-6-4-5-7-13)15-17-10-14(19-15)12(3)16/h10-13H,4-9,16H2,1-3H3. The quantitative estimate of drug-likeness (QED) is 0.858. The molecule has 1 aliphatic rings. The van der Waals surface area contributed by atoms with E-state index < -0.39 is 0 Å². The van der Waals surface area contributed by atoms with Gasteiger partial charge < -0.3 is 10.6 Å². The SMILES string of the molecule is CC(C)CCN(c1ncc(C(C)N)s1)C1CCCC1. The van der Waals surface area contributed by atoms with Crippen molar-refractivity contribution in [2.24, 2.45) is 11.7 Å². The molecule has 0 saturated heterocycles. The molecule has 1 aliphatic carbocycles. The van der Waals surface area contributed by atoms with Gasteiger partial charge >= 0.3 is 0 Å². The summed E-state index contributed by atoms with van der Waals surface area (Å²) in [5.41, 5.74) is 5.95. The Morgan fingerprint density at radius 2 is 2.05 bits per heavy atom. The van der Waals surface area contributed by atoms with Crippen molar-refractivity contribution in [2.75, 3.05) is 11.4 Å². The van der Waals surface area contributed by atoms with Crippen molar-refractivity contribution in [3.63, 3.8) is 0 Å². The molecule has 1 heterocycles. The molecule has 0 aliphatic heterocycles. The summed E-state index contributed by atoms with van der Waals surface area (Å²) in [7, 11) is 0. The van der Waals surface area contributed by atoms with Gasteiger partial charge in [0.25, 0.3) is 0 Å². The maximum absolute atomic E-state index is 5.95. The third-order valence-corrected chi connectivity index (χ3v) is 5.15. The molecule has 2 rings (SSSR count). The fourth-order valence-corrected chi connectivity index (χ4v) is 3.63. The number of thiazole rings is 1. The predicted molar refractivity (Wildman–Crippen MR) is 83.8 cm³/mol. The van der Waals surface area contributed by atoms with Crippen LogP contribution in [0.5, 0.6) is 0 Å². The third kappa shape index (κ3) is 3.93. The molecule has 0 spiro atoms. The van der Waals surface area contributed by atoms with Crippen LogP contribution in [0.25, 0.3) is 0 Å². The van der Waals surface area contributed by atoms with Crippen LogP contribution in [0.3, 0.4) is 0 Å². The average molecular weight is 281 g/mol. The number of hydrogen-bond donors (Lipinski definition) is 1. The summed E-state index contributed by atoms with van der Waals surface area (Å²) in [5.74, 6) is 0.747. The molecule has 19 heavy (non-hydrogen) atoms. The molecule has 1 saturated carbocycles. The smallest absolute Gasteiger partial charge is 0.185 e. The third-order valence-electron chi connectivity index (χ3n) is 3.92. The Morgan fingerprint density at radius 3 is 2.58 bits per heavy atom. The number of nitrogens with zero attached hydrogens (tertiary/aromatic N) is 2. The largest absolute Gasteiger partial charge is 0.345 e. The van der Waals surface area contributed by atoms with E-state index in [0.29, 0.717) is 6.04 Å². The number of nitrogens with two attached hydrogens (primary N) is 1. The number of hydrogen-bond acceptors (Lipinski definition) is 4. The molecular formula is C15H27N3S. The summed E-state index contributed by atoms with van der Waals surface area (Å²) in [6, 6.07) is 0.799. The summed E-state index contributed by atoms with van der Waals surface area (Å²) in [6.45, 7) is 7.75. The molecule has 1 atom stereocenters. The van der Waals surface area contributed by atoms with Gasteiger partial charge in [0.15, 0.2) is 5.13 Å². The zero-order valence-electron chi connectivity index (χ0n) is 12.4. The van der Waals surface area contributed by atoms with Crippen LogP contribution in [-0.4, -0.2) is 17.6 Å². The lowest BCUT2D eigenvalue weighted by atomic mass is 10.1. The molecule has 0 aromatic carbocycles. The van der Waals surface area contributed by atoms with Crippen LogP contribution in [0.4, 0.5) is 5.13 Å². The number of anilines is 1. The van der Waals surface area contributed by atoms with Gasteiger partial charge in [-0.2, -0.15) is 0 Å². The normalized spacial score (nSPS) is 18.2. The van der Waals surface area contributed by atoms with Crippen molar-refractivity contribution < 1.29 is 0 Å². The Hall–Kier alpha value is -0.610. The topological polar surface area (TPSA) is 42.2 Å². The van der Waals surface area contributed by atoms with E-state index in [1.165, 1.54) is 42.1 Å². The van der Waals surface area contributed by atoms with Gasteiger partial charge in [-0.15, -0.1) is 11.3 Å². The molecule has 2 N–H and O–H groups in total. The molecule has 1 unspecified atom stereocenters. The summed E-state index contributed by atoms with van der Waals surface area (Å²) in [5, 5.41) is 1.18. The molecule has 108 valence electrons. The van der Waals surface area contributed by atoms with Crippen molar-refractivity contribution in [1.82, 2.24) is 4.98 Å².